The highest BCUT2D eigenvalue weighted by molar-refractivity contribution is 5.26. The van der Waals surface area contributed by atoms with Gasteiger partial charge in [0, 0.05) is 12.6 Å². The van der Waals surface area contributed by atoms with Crippen LogP contribution >= 0.6 is 0 Å². The average molecular weight is 263 g/mol. The molecule has 1 saturated heterocycles. The molecule has 0 saturated carbocycles. The molecule has 1 N–H and O–H groups in total. The Balaban J connectivity index is 1.83. The number of rotatable bonds is 5. The highest BCUT2D eigenvalue weighted by atomic mass is 16.6. The van der Waals surface area contributed by atoms with E-state index in [0.29, 0.717) is 25.2 Å². The lowest BCUT2D eigenvalue weighted by Crippen LogP contribution is -2.38. The minimum Gasteiger partial charge on any atom is -0.376 e. The predicted octanol–water partition coefficient (Wildman–Crippen LogP) is 2.88. The minimum atomic E-state index is 0.186. The van der Waals surface area contributed by atoms with Crippen molar-refractivity contribution >= 4 is 0 Å². The van der Waals surface area contributed by atoms with Gasteiger partial charge in [-0.15, -0.1) is 0 Å². The van der Waals surface area contributed by atoms with Crippen molar-refractivity contribution in [2.24, 2.45) is 0 Å². The molecule has 1 aromatic rings. The Hall–Kier alpha value is -0.900. The van der Waals surface area contributed by atoms with Gasteiger partial charge in [0.2, 0.25) is 0 Å². The largest absolute Gasteiger partial charge is 0.376 e. The maximum atomic E-state index is 5.63. The van der Waals surface area contributed by atoms with Crippen LogP contribution in [0.25, 0.3) is 0 Å². The van der Waals surface area contributed by atoms with Gasteiger partial charge in [-0.05, 0) is 24.0 Å². The molecule has 0 aromatic heterocycles. The van der Waals surface area contributed by atoms with E-state index in [1.165, 1.54) is 11.1 Å². The van der Waals surface area contributed by atoms with E-state index >= 15 is 0 Å². The Morgan fingerprint density at radius 1 is 1.11 bits per heavy atom. The van der Waals surface area contributed by atoms with E-state index in [2.05, 4.69) is 50.4 Å². The highest BCUT2D eigenvalue weighted by Crippen LogP contribution is 2.18. The Morgan fingerprint density at radius 2 is 1.79 bits per heavy atom. The number of hydrogen-bond donors (Lipinski definition) is 1. The van der Waals surface area contributed by atoms with Crippen LogP contribution in [-0.4, -0.2) is 32.5 Å². The molecule has 0 bridgehead atoms. The maximum Gasteiger partial charge on any atom is 0.0933 e. The fourth-order valence-corrected chi connectivity index (χ4v) is 2.25. The second-order valence-electron chi connectivity index (χ2n) is 5.52. The van der Waals surface area contributed by atoms with Gasteiger partial charge < -0.3 is 14.8 Å². The Labute approximate surface area is 116 Å². The van der Waals surface area contributed by atoms with Crippen molar-refractivity contribution in [1.29, 1.82) is 0 Å². The summed E-state index contributed by atoms with van der Waals surface area (Å²) in [5.41, 5.74) is 2.71. The standard InChI is InChI=1S/C16H25NO2/c1-12(2)14-4-6-15(7-5-14)13(3)17-10-16-11-18-8-9-19-16/h4-7,12-13,16-17H,8-11H2,1-3H3. The van der Waals surface area contributed by atoms with Crippen LogP contribution in [0.15, 0.2) is 24.3 Å². The molecule has 2 unspecified atom stereocenters. The Morgan fingerprint density at radius 3 is 2.37 bits per heavy atom. The normalized spacial score (nSPS) is 21.6. The van der Waals surface area contributed by atoms with Gasteiger partial charge >= 0.3 is 0 Å². The fraction of sp³-hybridized carbons (Fsp3) is 0.625. The van der Waals surface area contributed by atoms with Crippen LogP contribution in [0.4, 0.5) is 0 Å². The lowest BCUT2D eigenvalue weighted by molar-refractivity contribution is -0.0869. The topological polar surface area (TPSA) is 30.5 Å². The quantitative estimate of drug-likeness (QED) is 0.886. The van der Waals surface area contributed by atoms with Crippen LogP contribution in [0.5, 0.6) is 0 Å². The average Bonchev–Trinajstić information content (AvgIpc) is 2.46. The summed E-state index contributed by atoms with van der Waals surface area (Å²) in [7, 11) is 0. The van der Waals surface area contributed by atoms with Crippen LogP contribution in [-0.2, 0) is 9.47 Å². The third-order valence-corrected chi connectivity index (χ3v) is 3.64. The lowest BCUT2D eigenvalue weighted by Gasteiger charge is -2.25. The molecule has 1 aliphatic rings. The Kier molecular flexibility index (Phi) is 5.37. The van der Waals surface area contributed by atoms with E-state index in [9.17, 15) is 0 Å². The van der Waals surface area contributed by atoms with Gasteiger partial charge in [0.05, 0.1) is 25.9 Å². The van der Waals surface area contributed by atoms with Crippen molar-refractivity contribution in [3.8, 4) is 0 Å². The molecule has 106 valence electrons. The van der Waals surface area contributed by atoms with E-state index in [1.807, 2.05) is 0 Å². The van der Waals surface area contributed by atoms with Crippen LogP contribution < -0.4 is 5.32 Å². The molecule has 3 nitrogen and oxygen atoms in total. The Bertz CT molecular complexity index is 369. The third kappa shape index (κ3) is 4.30. The zero-order chi connectivity index (χ0) is 13.7. The molecule has 1 aliphatic heterocycles. The van der Waals surface area contributed by atoms with Crippen LogP contribution in [0.2, 0.25) is 0 Å². The number of nitrogens with one attached hydrogen (secondary N) is 1. The smallest absolute Gasteiger partial charge is 0.0933 e. The van der Waals surface area contributed by atoms with Gasteiger partial charge in [0.1, 0.15) is 0 Å². The molecule has 0 amide bonds. The maximum absolute atomic E-state index is 5.63. The molecule has 1 heterocycles. The first-order valence-corrected chi connectivity index (χ1v) is 7.19. The van der Waals surface area contributed by atoms with Gasteiger partial charge in [-0.25, -0.2) is 0 Å². The van der Waals surface area contributed by atoms with E-state index in [4.69, 9.17) is 9.47 Å². The summed E-state index contributed by atoms with van der Waals surface area (Å²) < 4.78 is 11.0. The van der Waals surface area contributed by atoms with E-state index in [1.54, 1.807) is 0 Å². The fourth-order valence-electron chi connectivity index (χ4n) is 2.25. The van der Waals surface area contributed by atoms with Crippen molar-refractivity contribution < 1.29 is 9.47 Å². The minimum absolute atomic E-state index is 0.186. The van der Waals surface area contributed by atoms with E-state index in [0.717, 1.165) is 13.2 Å². The van der Waals surface area contributed by atoms with Gasteiger partial charge in [0.25, 0.3) is 0 Å². The second kappa shape index (κ2) is 7.04. The first kappa shape index (κ1) is 14.5. The molecule has 19 heavy (non-hydrogen) atoms. The van der Waals surface area contributed by atoms with Crippen LogP contribution in [0, 0.1) is 0 Å². The third-order valence-electron chi connectivity index (χ3n) is 3.64. The number of ether oxygens (including phenoxy) is 2. The van der Waals surface area contributed by atoms with Gasteiger partial charge in [0.15, 0.2) is 0 Å². The molecule has 1 aromatic carbocycles. The summed E-state index contributed by atoms with van der Waals surface area (Å²) in [5.74, 6) is 0.588. The zero-order valence-electron chi connectivity index (χ0n) is 12.2. The van der Waals surface area contributed by atoms with Crippen molar-refractivity contribution in [1.82, 2.24) is 5.32 Å². The first-order chi connectivity index (χ1) is 9.16. The summed E-state index contributed by atoms with van der Waals surface area (Å²) >= 11 is 0. The number of benzene rings is 1. The van der Waals surface area contributed by atoms with E-state index < -0.39 is 0 Å². The SMILES string of the molecule is CC(C)c1ccc(C(C)NCC2COCCO2)cc1. The summed E-state index contributed by atoms with van der Waals surface area (Å²) in [4.78, 5) is 0. The molecule has 2 atom stereocenters. The summed E-state index contributed by atoms with van der Waals surface area (Å²) in [5, 5.41) is 3.51. The molecule has 0 radical (unpaired) electrons. The summed E-state index contributed by atoms with van der Waals surface area (Å²) in [6.07, 6.45) is 0.186. The molecule has 2 rings (SSSR count). The van der Waals surface area contributed by atoms with Crippen molar-refractivity contribution in [3.05, 3.63) is 35.4 Å². The summed E-state index contributed by atoms with van der Waals surface area (Å²) in [6, 6.07) is 9.21. The number of hydrogen-bond acceptors (Lipinski definition) is 3. The second-order valence-corrected chi connectivity index (χ2v) is 5.52. The van der Waals surface area contributed by atoms with E-state index in [-0.39, 0.29) is 6.10 Å². The molecular weight excluding hydrogens is 238 g/mol. The predicted molar refractivity (Wildman–Crippen MR) is 77.5 cm³/mol. The zero-order valence-corrected chi connectivity index (χ0v) is 12.2. The molecular formula is C16H25NO2. The molecule has 1 fully saturated rings. The molecule has 0 spiro atoms. The monoisotopic (exact) mass is 263 g/mol. The van der Waals surface area contributed by atoms with Gasteiger partial charge in [-0.2, -0.15) is 0 Å². The first-order valence-electron chi connectivity index (χ1n) is 7.19. The molecule has 0 aliphatic carbocycles. The van der Waals surface area contributed by atoms with Crippen LogP contribution in [0.3, 0.4) is 0 Å². The van der Waals surface area contributed by atoms with Crippen molar-refractivity contribution in [2.75, 3.05) is 26.4 Å². The van der Waals surface area contributed by atoms with Crippen LogP contribution in [0.1, 0.15) is 43.9 Å². The summed E-state index contributed by atoms with van der Waals surface area (Å²) in [6.45, 7) is 9.61. The van der Waals surface area contributed by atoms with Gasteiger partial charge in [-0.1, -0.05) is 38.1 Å². The van der Waals surface area contributed by atoms with Crippen molar-refractivity contribution in [2.45, 2.75) is 38.8 Å². The lowest BCUT2D eigenvalue weighted by atomic mass is 9.99. The highest BCUT2D eigenvalue weighted by Gasteiger charge is 2.15. The van der Waals surface area contributed by atoms with Crippen molar-refractivity contribution in [3.63, 3.8) is 0 Å². The molecule has 3 heteroatoms. The van der Waals surface area contributed by atoms with Gasteiger partial charge in [-0.3, -0.25) is 0 Å².